The third kappa shape index (κ3) is 8.41. The molecule has 0 saturated heterocycles. The predicted octanol–water partition coefficient (Wildman–Crippen LogP) is 1.80. The molecule has 1 atom stereocenters. The highest BCUT2D eigenvalue weighted by atomic mass is 35.7. The van der Waals surface area contributed by atoms with Crippen molar-refractivity contribution in [2.45, 2.75) is 26.0 Å². The second kappa shape index (κ2) is 9.36. The minimum atomic E-state index is -3.79. The summed E-state index contributed by atoms with van der Waals surface area (Å²) in [6, 6.07) is 7.82. The van der Waals surface area contributed by atoms with E-state index in [0.717, 1.165) is 5.56 Å². The van der Waals surface area contributed by atoms with Gasteiger partial charge in [-0.25, -0.2) is 18.0 Å². The van der Waals surface area contributed by atoms with Crippen LogP contribution in [0.2, 0.25) is 0 Å². The third-order valence-electron chi connectivity index (χ3n) is 2.73. The van der Waals surface area contributed by atoms with Gasteiger partial charge in [0.15, 0.2) is 0 Å². The number of halogens is 1. The zero-order valence-corrected chi connectivity index (χ0v) is 14.1. The van der Waals surface area contributed by atoms with Crippen LogP contribution in [0, 0.1) is 0 Å². The number of rotatable bonds is 8. The van der Waals surface area contributed by atoms with Crippen molar-refractivity contribution in [2.75, 3.05) is 12.4 Å². The molecular weight excluding hydrogens is 346 g/mol. The molecule has 7 nitrogen and oxygen atoms in total. The molecule has 0 aromatic heterocycles. The molecule has 0 radical (unpaired) electrons. The summed E-state index contributed by atoms with van der Waals surface area (Å²) >= 11 is 0. The van der Waals surface area contributed by atoms with Crippen LogP contribution in [0.3, 0.4) is 0 Å². The van der Waals surface area contributed by atoms with Crippen molar-refractivity contribution in [2.24, 2.45) is 0 Å². The Bertz CT molecular complexity index is 619. The predicted molar refractivity (Wildman–Crippen MR) is 84.4 cm³/mol. The Morgan fingerprint density at radius 3 is 2.43 bits per heavy atom. The van der Waals surface area contributed by atoms with Crippen LogP contribution in [0.25, 0.3) is 0 Å². The van der Waals surface area contributed by atoms with Crippen LogP contribution in [0.1, 0.15) is 18.9 Å². The standard InChI is InChI=1S/C14H18ClNO6S/c1-2-21-13(17)12(8-9-23(15,19)20)16-14(18)22-10-11-6-4-3-5-7-11/h3-7,12H,2,8-10H2,1H3,(H,16,18). The number of carbonyl (C=O) groups is 2. The number of alkyl carbamates (subject to hydrolysis) is 1. The maximum absolute atomic E-state index is 11.7. The molecule has 0 aliphatic rings. The summed E-state index contributed by atoms with van der Waals surface area (Å²) in [5.74, 6) is -1.22. The summed E-state index contributed by atoms with van der Waals surface area (Å²) in [4.78, 5) is 23.5. The highest BCUT2D eigenvalue weighted by molar-refractivity contribution is 8.13. The van der Waals surface area contributed by atoms with Crippen molar-refractivity contribution < 1.29 is 27.5 Å². The molecule has 1 N–H and O–H groups in total. The molecule has 0 aliphatic heterocycles. The van der Waals surface area contributed by atoms with E-state index < -0.39 is 32.9 Å². The third-order valence-corrected chi connectivity index (χ3v) is 3.91. The topological polar surface area (TPSA) is 98.8 Å². The Kier molecular flexibility index (Phi) is 7.84. The van der Waals surface area contributed by atoms with Crippen LogP contribution < -0.4 is 5.32 Å². The number of carbonyl (C=O) groups excluding carboxylic acids is 2. The molecule has 0 fully saturated rings. The van der Waals surface area contributed by atoms with E-state index in [1.54, 1.807) is 31.2 Å². The van der Waals surface area contributed by atoms with Crippen molar-refractivity contribution >= 4 is 31.8 Å². The smallest absolute Gasteiger partial charge is 0.408 e. The van der Waals surface area contributed by atoms with Crippen LogP contribution >= 0.6 is 10.7 Å². The molecule has 1 amide bonds. The average molecular weight is 364 g/mol. The van der Waals surface area contributed by atoms with E-state index >= 15 is 0 Å². The van der Waals surface area contributed by atoms with Crippen molar-refractivity contribution in [1.82, 2.24) is 5.32 Å². The molecule has 9 heteroatoms. The average Bonchev–Trinajstić information content (AvgIpc) is 2.49. The number of ether oxygens (including phenoxy) is 2. The molecule has 128 valence electrons. The van der Waals surface area contributed by atoms with Crippen molar-refractivity contribution in [3.05, 3.63) is 35.9 Å². The number of hydrogen-bond acceptors (Lipinski definition) is 6. The highest BCUT2D eigenvalue weighted by Gasteiger charge is 2.24. The second-order valence-corrected chi connectivity index (χ2v) is 7.44. The second-order valence-electron chi connectivity index (χ2n) is 4.54. The van der Waals surface area contributed by atoms with Gasteiger partial charge in [0.1, 0.15) is 12.6 Å². The van der Waals surface area contributed by atoms with Crippen molar-refractivity contribution in [3.63, 3.8) is 0 Å². The van der Waals surface area contributed by atoms with Gasteiger partial charge in [-0.2, -0.15) is 0 Å². The van der Waals surface area contributed by atoms with Gasteiger partial charge in [0.25, 0.3) is 0 Å². The van der Waals surface area contributed by atoms with E-state index in [9.17, 15) is 18.0 Å². The van der Waals surface area contributed by atoms with Gasteiger partial charge in [0.2, 0.25) is 9.05 Å². The lowest BCUT2D eigenvalue weighted by Gasteiger charge is -2.16. The summed E-state index contributed by atoms with van der Waals surface area (Å²) in [7, 11) is 1.33. The molecule has 0 spiro atoms. The number of esters is 1. The Balaban J connectivity index is 2.56. The van der Waals surface area contributed by atoms with E-state index in [4.69, 9.17) is 20.2 Å². The zero-order chi connectivity index (χ0) is 17.3. The molecular formula is C14H18ClNO6S. The summed E-state index contributed by atoms with van der Waals surface area (Å²) in [6.07, 6.45) is -1.05. The van der Waals surface area contributed by atoms with Crippen LogP contribution in [-0.4, -0.2) is 38.9 Å². The molecule has 0 aliphatic carbocycles. The largest absolute Gasteiger partial charge is 0.464 e. The fourth-order valence-corrected chi connectivity index (χ4v) is 2.44. The van der Waals surface area contributed by atoms with Gasteiger partial charge in [-0.1, -0.05) is 30.3 Å². The van der Waals surface area contributed by atoms with Crippen LogP contribution in [-0.2, 0) is 29.9 Å². The maximum Gasteiger partial charge on any atom is 0.408 e. The molecule has 0 bridgehead atoms. The fourth-order valence-electron chi connectivity index (χ4n) is 1.66. The Hall–Kier alpha value is -1.80. The van der Waals surface area contributed by atoms with Gasteiger partial charge in [0, 0.05) is 10.7 Å². The van der Waals surface area contributed by atoms with E-state index in [1.807, 2.05) is 6.07 Å². The van der Waals surface area contributed by atoms with E-state index in [2.05, 4.69) is 5.32 Å². The van der Waals surface area contributed by atoms with Gasteiger partial charge < -0.3 is 14.8 Å². The number of benzene rings is 1. The summed E-state index contributed by atoms with van der Waals surface area (Å²) in [5, 5.41) is 2.29. The minimum absolute atomic E-state index is 0.0238. The first-order valence-corrected chi connectivity index (χ1v) is 9.36. The summed E-state index contributed by atoms with van der Waals surface area (Å²) in [5.41, 5.74) is 0.777. The van der Waals surface area contributed by atoms with E-state index in [0.29, 0.717) is 0 Å². The zero-order valence-electron chi connectivity index (χ0n) is 12.5. The normalized spacial score (nSPS) is 12.3. The van der Waals surface area contributed by atoms with Crippen LogP contribution in [0.5, 0.6) is 0 Å². The molecule has 1 unspecified atom stereocenters. The van der Waals surface area contributed by atoms with Gasteiger partial charge in [-0.15, -0.1) is 0 Å². The molecule has 1 aromatic rings. The monoisotopic (exact) mass is 363 g/mol. The van der Waals surface area contributed by atoms with Gasteiger partial charge >= 0.3 is 12.1 Å². The van der Waals surface area contributed by atoms with E-state index in [1.165, 1.54) is 0 Å². The molecule has 0 saturated carbocycles. The molecule has 1 rings (SSSR count). The first-order chi connectivity index (χ1) is 10.8. The maximum atomic E-state index is 11.7. The lowest BCUT2D eigenvalue weighted by atomic mass is 10.2. The lowest BCUT2D eigenvalue weighted by Crippen LogP contribution is -2.43. The first-order valence-electron chi connectivity index (χ1n) is 6.88. The Labute approximate surface area is 139 Å². The SMILES string of the molecule is CCOC(=O)C(CCS(=O)(=O)Cl)NC(=O)OCc1ccccc1. The number of nitrogens with one attached hydrogen (secondary N) is 1. The van der Waals surface area contributed by atoms with Gasteiger partial charge in [-0.05, 0) is 18.9 Å². The van der Waals surface area contributed by atoms with Crippen LogP contribution in [0.4, 0.5) is 4.79 Å². The van der Waals surface area contributed by atoms with Gasteiger partial charge in [-0.3, -0.25) is 0 Å². The Morgan fingerprint density at radius 2 is 1.87 bits per heavy atom. The summed E-state index contributed by atoms with van der Waals surface area (Å²) < 4.78 is 31.7. The minimum Gasteiger partial charge on any atom is -0.464 e. The molecule has 0 heterocycles. The van der Waals surface area contributed by atoms with Crippen molar-refractivity contribution in [1.29, 1.82) is 0 Å². The molecule has 23 heavy (non-hydrogen) atoms. The lowest BCUT2D eigenvalue weighted by molar-refractivity contribution is -0.145. The highest BCUT2D eigenvalue weighted by Crippen LogP contribution is 2.06. The Morgan fingerprint density at radius 1 is 1.22 bits per heavy atom. The van der Waals surface area contributed by atoms with Crippen molar-refractivity contribution in [3.8, 4) is 0 Å². The number of amides is 1. The summed E-state index contributed by atoms with van der Waals surface area (Å²) in [6.45, 7) is 1.72. The quantitative estimate of drug-likeness (QED) is 0.558. The number of hydrogen-bond donors (Lipinski definition) is 1. The molecule has 1 aromatic carbocycles. The van der Waals surface area contributed by atoms with Crippen LogP contribution in [0.15, 0.2) is 30.3 Å². The van der Waals surface area contributed by atoms with E-state index in [-0.39, 0.29) is 19.6 Å². The van der Waals surface area contributed by atoms with Gasteiger partial charge in [0.05, 0.1) is 12.4 Å². The first kappa shape index (κ1) is 19.2. The fraction of sp³-hybridized carbons (Fsp3) is 0.429.